The minimum absolute atomic E-state index is 0.174. The lowest BCUT2D eigenvalue weighted by molar-refractivity contribution is -0.163. The second kappa shape index (κ2) is 5.59. The molecule has 3 amide bonds. The zero-order chi connectivity index (χ0) is 16.8. The highest BCUT2D eigenvalue weighted by Crippen LogP contribution is 2.32. The Morgan fingerprint density at radius 1 is 1.08 bits per heavy atom. The Balaban J connectivity index is 1.57. The number of carbonyl (C=O) groups is 3. The van der Waals surface area contributed by atoms with E-state index in [1.54, 1.807) is 0 Å². The first-order valence-electron chi connectivity index (χ1n) is 8.25. The van der Waals surface area contributed by atoms with Crippen LogP contribution in [0.15, 0.2) is 18.2 Å². The molecule has 4 rings (SSSR count). The molecule has 0 spiro atoms. The van der Waals surface area contributed by atoms with Gasteiger partial charge in [0.25, 0.3) is 5.91 Å². The molecule has 7 nitrogen and oxygen atoms in total. The topological polar surface area (TPSA) is 81.2 Å². The fraction of sp³-hybridized carbons (Fsp3) is 0.471. The lowest BCUT2D eigenvalue weighted by atomic mass is 9.99. The molecular formula is C17H19N3O4. The highest BCUT2D eigenvalue weighted by molar-refractivity contribution is 6.05. The van der Waals surface area contributed by atoms with E-state index >= 15 is 0 Å². The predicted molar refractivity (Wildman–Crippen MR) is 84.8 cm³/mol. The molecule has 2 fully saturated rings. The summed E-state index contributed by atoms with van der Waals surface area (Å²) in [7, 11) is 0. The second-order valence-corrected chi connectivity index (χ2v) is 6.61. The highest BCUT2D eigenvalue weighted by Gasteiger charge is 2.39. The number of nitrogens with zero attached hydrogens (tertiary/aromatic N) is 3. The van der Waals surface area contributed by atoms with E-state index in [4.69, 9.17) is 5.11 Å². The quantitative estimate of drug-likeness (QED) is 0.818. The molecule has 3 aliphatic rings. The molecule has 126 valence electrons. The van der Waals surface area contributed by atoms with Crippen LogP contribution in [0.5, 0.6) is 0 Å². The molecule has 0 bridgehead atoms. The van der Waals surface area contributed by atoms with Crippen LogP contribution in [0.4, 0.5) is 5.69 Å². The molecule has 3 heterocycles. The van der Waals surface area contributed by atoms with Gasteiger partial charge in [-0.3, -0.25) is 14.4 Å². The lowest BCUT2D eigenvalue weighted by Gasteiger charge is -2.40. The van der Waals surface area contributed by atoms with Crippen molar-refractivity contribution in [3.05, 3.63) is 29.3 Å². The van der Waals surface area contributed by atoms with E-state index in [2.05, 4.69) is 4.90 Å². The number of rotatable bonds is 3. The van der Waals surface area contributed by atoms with Crippen molar-refractivity contribution in [2.75, 3.05) is 24.6 Å². The molecule has 1 aromatic rings. The van der Waals surface area contributed by atoms with E-state index in [-0.39, 0.29) is 36.8 Å². The van der Waals surface area contributed by atoms with E-state index < -0.39 is 0 Å². The second-order valence-electron chi connectivity index (χ2n) is 6.61. The Hall–Kier alpha value is -2.41. The summed E-state index contributed by atoms with van der Waals surface area (Å²) in [6.45, 7) is 1.98. The largest absolute Gasteiger partial charge is 0.396 e. The number of aliphatic hydroxyl groups is 1. The SMILES string of the molecule is O=C1c2cc(N3CC(CO)C3)ccc2CN1N1C(=O)CCCC1=O. The maximum atomic E-state index is 12.7. The van der Waals surface area contributed by atoms with Gasteiger partial charge >= 0.3 is 0 Å². The number of aliphatic hydroxyl groups excluding tert-OH is 1. The van der Waals surface area contributed by atoms with Gasteiger partial charge in [0.1, 0.15) is 0 Å². The number of hydrogen-bond acceptors (Lipinski definition) is 5. The number of piperidine rings is 1. The minimum atomic E-state index is -0.304. The number of hydrazine groups is 1. The number of imide groups is 1. The molecular weight excluding hydrogens is 310 g/mol. The maximum Gasteiger partial charge on any atom is 0.273 e. The summed E-state index contributed by atoms with van der Waals surface area (Å²) < 4.78 is 0. The summed E-state index contributed by atoms with van der Waals surface area (Å²) in [6, 6.07) is 5.65. The lowest BCUT2D eigenvalue weighted by Crippen LogP contribution is -2.52. The van der Waals surface area contributed by atoms with Crippen molar-refractivity contribution < 1.29 is 19.5 Å². The molecule has 0 aromatic heterocycles. The van der Waals surface area contributed by atoms with Crippen molar-refractivity contribution in [2.24, 2.45) is 5.92 Å². The number of fused-ring (bicyclic) bond motifs is 1. The fourth-order valence-electron chi connectivity index (χ4n) is 3.54. The van der Waals surface area contributed by atoms with Gasteiger partial charge in [0.05, 0.1) is 6.54 Å². The first kappa shape index (κ1) is 15.1. The average Bonchev–Trinajstić information content (AvgIpc) is 2.83. The smallest absolute Gasteiger partial charge is 0.273 e. The normalized spacial score (nSPS) is 21.4. The number of hydrogen-bond donors (Lipinski definition) is 1. The third kappa shape index (κ3) is 2.27. The van der Waals surface area contributed by atoms with Crippen molar-refractivity contribution in [1.29, 1.82) is 0 Å². The van der Waals surface area contributed by atoms with Crippen molar-refractivity contribution in [3.8, 4) is 0 Å². The summed E-state index contributed by atoms with van der Waals surface area (Å²) in [5.41, 5.74) is 2.31. The number of anilines is 1. The van der Waals surface area contributed by atoms with Crippen LogP contribution in [-0.2, 0) is 16.1 Å². The van der Waals surface area contributed by atoms with E-state index in [1.807, 2.05) is 18.2 Å². The summed E-state index contributed by atoms with van der Waals surface area (Å²) in [6.07, 6.45) is 1.15. The summed E-state index contributed by atoms with van der Waals surface area (Å²) >= 11 is 0. The first-order chi connectivity index (χ1) is 11.6. The van der Waals surface area contributed by atoms with Crippen molar-refractivity contribution in [1.82, 2.24) is 10.0 Å². The highest BCUT2D eigenvalue weighted by atomic mass is 16.3. The molecule has 2 saturated heterocycles. The zero-order valence-corrected chi connectivity index (χ0v) is 13.3. The van der Waals surface area contributed by atoms with Gasteiger partial charge in [-0.1, -0.05) is 6.07 Å². The zero-order valence-electron chi connectivity index (χ0n) is 13.3. The molecule has 24 heavy (non-hydrogen) atoms. The molecule has 0 radical (unpaired) electrons. The van der Waals surface area contributed by atoms with Crippen LogP contribution < -0.4 is 4.90 Å². The Morgan fingerprint density at radius 3 is 2.46 bits per heavy atom. The predicted octanol–water partition coefficient (Wildman–Crippen LogP) is 0.525. The third-order valence-corrected chi connectivity index (χ3v) is 4.95. The van der Waals surface area contributed by atoms with E-state index in [9.17, 15) is 14.4 Å². The Morgan fingerprint density at radius 2 is 1.79 bits per heavy atom. The molecule has 3 aliphatic heterocycles. The van der Waals surface area contributed by atoms with Crippen LogP contribution in [0, 0.1) is 5.92 Å². The fourth-order valence-corrected chi connectivity index (χ4v) is 3.54. The molecule has 1 N–H and O–H groups in total. The number of carbonyl (C=O) groups excluding carboxylic acids is 3. The van der Waals surface area contributed by atoms with Gasteiger partial charge in [-0.2, -0.15) is 5.01 Å². The van der Waals surface area contributed by atoms with Crippen LogP contribution in [-0.4, -0.2) is 52.5 Å². The van der Waals surface area contributed by atoms with Crippen LogP contribution in [0.2, 0.25) is 0 Å². The van der Waals surface area contributed by atoms with Gasteiger partial charge in [0.15, 0.2) is 0 Å². The van der Waals surface area contributed by atoms with Crippen LogP contribution in [0.25, 0.3) is 0 Å². The Bertz CT molecular complexity index is 711. The Kier molecular flexibility index (Phi) is 3.53. The summed E-state index contributed by atoms with van der Waals surface area (Å²) in [5, 5.41) is 11.4. The molecule has 0 unspecified atom stereocenters. The van der Waals surface area contributed by atoms with Crippen molar-refractivity contribution in [2.45, 2.75) is 25.8 Å². The van der Waals surface area contributed by atoms with Crippen molar-refractivity contribution >= 4 is 23.4 Å². The molecule has 0 aliphatic carbocycles. The molecule has 0 saturated carbocycles. The average molecular weight is 329 g/mol. The third-order valence-electron chi connectivity index (χ3n) is 4.95. The maximum absolute atomic E-state index is 12.7. The van der Waals surface area contributed by atoms with Crippen LogP contribution in [0.3, 0.4) is 0 Å². The summed E-state index contributed by atoms with van der Waals surface area (Å²) in [4.78, 5) is 39.0. The Labute approximate surface area is 139 Å². The van der Waals surface area contributed by atoms with Gasteiger partial charge in [-0.05, 0) is 24.1 Å². The number of amides is 3. The van der Waals surface area contributed by atoms with Gasteiger partial charge in [-0.15, -0.1) is 0 Å². The van der Waals surface area contributed by atoms with E-state index in [0.717, 1.165) is 29.3 Å². The molecule has 0 atom stereocenters. The first-order valence-corrected chi connectivity index (χ1v) is 8.25. The number of benzene rings is 1. The van der Waals surface area contributed by atoms with E-state index in [0.29, 0.717) is 24.8 Å². The van der Waals surface area contributed by atoms with Crippen molar-refractivity contribution in [3.63, 3.8) is 0 Å². The van der Waals surface area contributed by atoms with Gasteiger partial charge in [0.2, 0.25) is 11.8 Å². The standard InChI is InChI=1S/C17H19N3O4/c21-10-11-7-18(8-11)13-5-4-12-9-19(17(24)14(12)6-13)20-15(22)2-1-3-16(20)23/h4-6,11,21H,1-3,7-10H2. The molecule has 1 aromatic carbocycles. The molecule has 7 heteroatoms. The van der Waals surface area contributed by atoms with Crippen LogP contribution >= 0.6 is 0 Å². The van der Waals surface area contributed by atoms with Gasteiger partial charge in [-0.25, -0.2) is 5.01 Å². The minimum Gasteiger partial charge on any atom is -0.396 e. The van der Waals surface area contributed by atoms with E-state index in [1.165, 1.54) is 5.01 Å². The van der Waals surface area contributed by atoms with Gasteiger partial charge in [0, 0.05) is 49.7 Å². The summed E-state index contributed by atoms with van der Waals surface area (Å²) in [5.74, 6) is -0.619. The van der Waals surface area contributed by atoms with Crippen LogP contribution in [0.1, 0.15) is 35.2 Å². The van der Waals surface area contributed by atoms with Gasteiger partial charge < -0.3 is 10.0 Å². The monoisotopic (exact) mass is 329 g/mol.